The van der Waals surface area contributed by atoms with Crippen molar-refractivity contribution < 1.29 is 5.11 Å². The third-order valence-corrected chi connectivity index (χ3v) is 9.08. The maximum Gasteiger partial charge on any atom is 0.0648 e. The normalized spacial score (nSPS) is 57.7. The molecule has 0 unspecified atom stereocenters. The van der Waals surface area contributed by atoms with E-state index in [9.17, 15) is 5.11 Å². The Bertz CT molecular complexity index is 504. The average molecular weight is 317 g/mol. The SMILES string of the molecule is CC=C1CC[C@H]2[C@@H]3CC[C@H]4C[C@](C)(O)[C@H](C)C[C@@H]4[C@H]3CC[C@]12C. The van der Waals surface area contributed by atoms with Crippen molar-refractivity contribution in [1.82, 2.24) is 0 Å². The van der Waals surface area contributed by atoms with E-state index in [-0.39, 0.29) is 0 Å². The molecule has 23 heavy (non-hydrogen) atoms. The number of fused-ring (bicyclic) bond motifs is 5. The summed E-state index contributed by atoms with van der Waals surface area (Å²) in [6, 6.07) is 0. The highest BCUT2D eigenvalue weighted by molar-refractivity contribution is 5.23. The van der Waals surface area contributed by atoms with Crippen molar-refractivity contribution in [3.63, 3.8) is 0 Å². The zero-order valence-corrected chi connectivity index (χ0v) is 15.6. The number of hydrogen-bond donors (Lipinski definition) is 1. The van der Waals surface area contributed by atoms with Crippen LogP contribution < -0.4 is 0 Å². The van der Waals surface area contributed by atoms with Crippen molar-refractivity contribution in [3.05, 3.63) is 11.6 Å². The van der Waals surface area contributed by atoms with Gasteiger partial charge in [0, 0.05) is 0 Å². The van der Waals surface area contributed by atoms with Crippen molar-refractivity contribution in [2.45, 2.75) is 84.7 Å². The van der Waals surface area contributed by atoms with Gasteiger partial charge in [0.1, 0.15) is 0 Å². The molecule has 0 aromatic carbocycles. The smallest absolute Gasteiger partial charge is 0.0648 e. The van der Waals surface area contributed by atoms with Gasteiger partial charge < -0.3 is 5.11 Å². The van der Waals surface area contributed by atoms with Gasteiger partial charge >= 0.3 is 0 Å². The molecule has 130 valence electrons. The predicted molar refractivity (Wildman–Crippen MR) is 96.0 cm³/mol. The first-order valence-corrected chi connectivity index (χ1v) is 10.2. The van der Waals surface area contributed by atoms with Gasteiger partial charge in [0.05, 0.1) is 5.60 Å². The Balaban J connectivity index is 1.58. The lowest BCUT2D eigenvalue weighted by atomic mass is 9.48. The molecule has 0 radical (unpaired) electrons. The van der Waals surface area contributed by atoms with Gasteiger partial charge in [-0.15, -0.1) is 0 Å². The molecule has 1 nitrogen and oxygen atoms in total. The molecule has 8 atom stereocenters. The third kappa shape index (κ3) is 2.29. The minimum Gasteiger partial charge on any atom is -0.390 e. The van der Waals surface area contributed by atoms with E-state index in [0.717, 1.165) is 36.0 Å². The molecule has 0 amide bonds. The molecule has 4 aliphatic carbocycles. The summed E-state index contributed by atoms with van der Waals surface area (Å²) in [5, 5.41) is 10.7. The highest BCUT2D eigenvalue weighted by Crippen LogP contribution is 2.64. The molecule has 0 heterocycles. The van der Waals surface area contributed by atoms with Crippen LogP contribution in [0.5, 0.6) is 0 Å². The fraction of sp³-hybridized carbons (Fsp3) is 0.909. The van der Waals surface area contributed by atoms with Gasteiger partial charge in [0.15, 0.2) is 0 Å². The van der Waals surface area contributed by atoms with Crippen LogP contribution in [0.15, 0.2) is 11.6 Å². The minimum atomic E-state index is -0.414. The van der Waals surface area contributed by atoms with E-state index in [1.54, 1.807) is 5.57 Å². The average Bonchev–Trinajstić information content (AvgIpc) is 2.84. The summed E-state index contributed by atoms with van der Waals surface area (Å²) < 4.78 is 0. The molecular formula is C22H36O. The van der Waals surface area contributed by atoms with E-state index < -0.39 is 5.60 Å². The summed E-state index contributed by atoms with van der Waals surface area (Å²) in [5.41, 5.74) is 1.88. The Morgan fingerprint density at radius 1 is 1.04 bits per heavy atom. The fourth-order valence-corrected chi connectivity index (χ4v) is 7.57. The van der Waals surface area contributed by atoms with Gasteiger partial charge in [-0.2, -0.15) is 0 Å². The van der Waals surface area contributed by atoms with Crippen LogP contribution >= 0.6 is 0 Å². The topological polar surface area (TPSA) is 20.2 Å². The lowest BCUT2D eigenvalue weighted by molar-refractivity contribution is -0.116. The molecular weight excluding hydrogens is 280 g/mol. The summed E-state index contributed by atoms with van der Waals surface area (Å²) in [5.74, 6) is 5.07. The number of rotatable bonds is 0. The van der Waals surface area contributed by atoms with E-state index in [2.05, 4.69) is 33.8 Å². The number of allylic oxidation sites excluding steroid dienone is 2. The van der Waals surface area contributed by atoms with Gasteiger partial charge in [-0.1, -0.05) is 25.5 Å². The highest BCUT2D eigenvalue weighted by atomic mass is 16.3. The maximum atomic E-state index is 10.7. The van der Waals surface area contributed by atoms with E-state index in [1.807, 2.05) is 0 Å². The summed E-state index contributed by atoms with van der Waals surface area (Å²) in [6.07, 6.45) is 13.3. The molecule has 1 heteroatoms. The van der Waals surface area contributed by atoms with Crippen molar-refractivity contribution in [2.24, 2.45) is 40.9 Å². The lowest BCUT2D eigenvalue weighted by Crippen LogP contribution is -2.52. The largest absolute Gasteiger partial charge is 0.390 e. The summed E-state index contributed by atoms with van der Waals surface area (Å²) in [6.45, 7) is 9.22. The molecule has 0 bridgehead atoms. The van der Waals surface area contributed by atoms with Crippen LogP contribution in [-0.2, 0) is 0 Å². The van der Waals surface area contributed by atoms with Crippen LogP contribution in [0.25, 0.3) is 0 Å². The maximum absolute atomic E-state index is 10.7. The monoisotopic (exact) mass is 316 g/mol. The van der Waals surface area contributed by atoms with E-state index in [4.69, 9.17) is 0 Å². The van der Waals surface area contributed by atoms with Crippen LogP contribution in [0.3, 0.4) is 0 Å². The van der Waals surface area contributed by atoms with E-state index in [1.165, 1.54) is 44.9 Å². The first-order chi connectivity index (χ1) is 10.9. The summed E-state index contributed by atoms with van der Waals surface area (Å²) >= 11 is 0. The second-order valence-electron chi connectivity index (χ2n) is 9.94. The van der Waals surface area contributed by atoms with Crippen LogP contribution in [0.2, 0.25) is 0 Å². The van der Waals surface area contributed by atoms with Gasteiger partial charge in [0.2, 0.25) is 0 Å². The van der Waals surface area contributed by atoms with E-state index >= 15 is 0 Å². The van der Waals surface area contributed by atoms with Crippen molar-refractivity contribution in [1.29, 1.82) is 0 Å². The number of aliphatic hydroxyl groups is 1. The standard InChI is InChI=1S/C22H36O/c1-5-16-7-9-20-18-8-6-15-13-22(4,23)14(2)12-19(15)17(18)10-11-21(16,20)3/h5,14-15,17-20,23H,6-13H2,1-4H3/t14-,15+,17+,18-,19+,20+,21-,22+/m1/s1. The number of hydrogen-bond acceptors (Lipinski definition) is 1. The van der Waals surface area contributed by atoms with Crippen LogP contribution in [-0.4, -0.2) is 10.7 Å². The molecule has 0 aromatic heterocycles. The summed E-state index contributed by atoms with van der Waals surface area (Å²) in [7, 11) is 0. The zero-order valence-electron chi connectivity index (χ0n) is 15.6. The molecule has 4 fully saturated rings. The second-order valence-corrected chi connectivity index (χ2v) is 9.94. The Morgan fingerprint density at radius 2 is 1.83 bits per heavy atom. The first kappa shape index (κ1) is 16.2. The molecule has 0 saturated heterocycles. The molecule has 4 saturated carbocycles. The Kier molecular flexibility index (Phi) is 3.76. The molecule has 0 aromatic rings. The second kappa shape index (κ2) is 5.35. The van der Waals surface area contributed by atoms with Crippen LogP contribution in [0.4, 0.5) is 0 Å². The third-order valence-electron chi connectivity index (χ3n) is 9.08. The van der Waals surface area contributed by atoms with Gasteiger partial charge in [-0.05, 0) is 106 Å². The predicted octanol–water partition coefficient (Wildman–Crippen LogP) is 5.58. The van der Waals surface area contributed by atoms with Crippen LogP contribution in [0.1, 0.15) is 79.1 Å². The zero-order chi connectivity index (χ0) is 16.4. The Labute approximate surface area is 142 Å². The molecule has 0 spiro atoms. The molecule has 4 aliphatic rings. The Morgan fingerprint density at radius 3 is 2.57 bits per heavy atom. The Hall–Kier alpha value is -0.300. The van der Waals surface area contributed by atoms with Crippen LogP contribution in [0, 0.1) is 40.9 Å². The lowest BCUT2D eigenvalue weighted by Gasteiger charge is -2.57. The first-order valence-electron chi connectivity index (χ1n) is 10.2. The van der Waals surface area contributed by atoms with Gasteiger partial charge in [-0.3, -0.25) is 0 Å². The van der Waals surface area contributed by atoms with E-state index in [0.29, 0.717) is 11.3 Å². The fourth-order valence-electron chi connectivity index (χ4n) is 7.57. The highest BCUT2D eigenvalue weighted by Gasteiger charge is 2.56. The van der Waals surface area contributed by atoms with Crippen molar-refractivity contribution >= 4 is 0 Å². The minimum absolute atomic E-state index is 0.414. The molecule has 4 rings (SSSR count). The van der Waals surface area contributed by atoms with Gasteiger partial charge in [-0.25, -0.2) is 0 Å². The molecule has 0 aliphatic heterocycles. The van der Waals surface area contributed by atoms with Crippen molar-refractivity contribution in [3.8, 4) is 0 Å². The quantitative estimate of drug-likeness (QED) is 0.578. The summed E-state index contributed by atoms with van der Waals surface area (Å²) in [4.78, 5) is 0. The molecule has 1 N–H and O–H groups in total. The van der Waals surface area contributed by atoms with Gasteiger partial charge in [0.25, 0.3) is 0 Å². The van der Waals surface area contributed by atoms with Crippen molar-refractivity contribution in [2.75, 3.05) is 0 Å².